The fraction of sp³-hybridized carbons (Fsp3) is 0.700. The summed E-state index contributed by atoms with van der Waals surface area (Å²) >= 11 is 0. The Labute approximate surface area is 69.5 Å². The van der Waals surface area contributed by atoms with Gasteiger partial charge in [0.05, 0.1) is 0 Å². The monoisotopic (exact) mass is 154 g/mol. The van der Waals surface area contributed by atoms with Crippen molar-refractivity contribution in [1.82, 2.24) is 0 Å². The van der Waals surface area contributed by atoms with E-state index >= 15 is 0 Å². The van der Waals surface area contributed by atoms with Crippen molar-refractivity contribution in [1.29, 1.82) is 0 Å². The Morgan fingerprint density at radius 1 is 1.18 bits per heavy atom. The highest BCUT2D eigenvalue weighted by atomic mass is 16.1. The van der Waals surface area contributed by atoms with Crippen LogP contribution in [0.15, 0.2) is 11.1 Å². The molecule has 0 saturated heterocycles. The lowest BCUT2D eigenvalue weighted by Crippen LogP contribution is -1.98. The van der Waals surface area contributed by atoms with Crippen LogP contribution in [-0.2, 0) is 4.79 Å². The molecule has 0 aromatic carbocycles. The van der Waals surface area contributed by atoms with Gasteiger partial charge in [-0.15, -0.1) is 0 Å². The summed E-state index contributed by atoms with van der Waals surface area (Å²) in [6.07, 6.45) is 1.03. The van der Waals surface area contributed by atoms with Crippen molar-refractivity contribution in [3.63, 3.8) is 0 Å². The normalized spacial score (nSPS) is 13.3. The van der Waals surface area contributed by atoms with Crippen LogP contribution >= 0.6 is 0 Å². The molecule has 0 heterocycles. The SMILES string of the molecule is CC(=O)/C(C)=C(/C)CC(C)C. The third-order valence-electron chi connectivity index (χ3n) is 1.88. The molecular weight excluding hydrogens is 136 g/mol. The highest BCUT2D eigenvalue weighted by Crippen LogP contribution is 2.14. The Morgan fingerprint density at radius 2 is 1.64 bits per heavy atom. The second-order valence-electron chi connectivity index (χ2n) is 3.56. The molecule has 0 aliphatic heterocycles. The van der Waals surface area contributed by atoms with Gasteiger partial charge in [-0.05, 0) is 38.7 Å². The molecule has 1 heteroatoms. The molecule has 0 N–H and O–H groups in total. The molecule has 64 valence electrons. The maximum atomic E-state index is 10.9. The lowest BCUT2D eigenvalue weighted by Gasteiger charge is -2.07. The maximum Gasteiger partial charge on any atom is 0.155 e. The molecule has 0 saturated carbocycles. The van der Waals surface area contributed by atoms with Crippen LogP contribution in [0.25, 0.3) is 0 Å². The molecule has 0 aromatic rings. The lowest BCUT2D eigenvalue weighted by molar-refractivity contribution is -0.113. The number of rotatable bonds is 3. The summed E-state index contributed by atoms with van der Waals surface area (Å²) in [7, 11) is 0. The lowest BCUT2D eigenvalue weighted by atomic mass is 9.99. The predicted octanol–water partition coefficient (Wildman–Crippen LogP) is 2.96. The van der Waals surface area contributed by atoms with Gasteiger partial charge in [-0.25, -0.2) is 0 Å². The molecule has 0 fully saturated rings. The van der Waals surface area contributed by atoms with Crippen LogP contribution in [0.4, 0.5) is 0 Å². The Kier molecular flexibility index (Phi) is 4.09. The average molecular weight is 154 g/mol. The zero-order valence-electron chi connectivity index (χ0n) is 8.19. The minimum absolute atomic E-state index is 0.197. The first-order valence-corrected chi connectivity index (χ1v) is 4.12. The van der Waals surface area contributed by atoms with Crippen molar-refractivity contribution in [2.45, 2.75) is 41.0 Å². The Morgan fingerprint density at radius 3 is 1.91 bits per heavy atom. The summed E-state index contributed by atoms with van der Waals surface area (Å²) in [4.78, 5) is 10.9. The maximum absolute atomic E-state index is 10.9. The summed E-state index contributed by atoms with van der Waals surface area (Å²) in [5.74, 6) is 0.840. The fourth-order valence-corrected chi connectivity index (χ4v) is 1.07. The van der Waals surface area contributed by atoms with Crippen LogP contribution in [0.3, 0.4) is 0 Å². The molecular formula is C10H18O. The predicted molar refractivity (Wildman–Crippen MR) is 48.5 cm³/mol. The minimum atomic E-state index is 0.197. The van der Waals surface area contributed by atoms with E-state index in [9.17, 15) is 4.79 Å². The van der Waals surface area contributed by atoms with E-state index in [4.69, 9.17) is 0 Å². The number of ketones is 1. The second-order valence-corrected chi connectivity index (χ2v) is 3.56. The van der Waals surface area contributed by atoms with E-state index in [1.165, 1.54) is 5.57 Å². The van der Waals surface area contributed by atoms with Crippen molar-refractivity contribution in [2.75, 3.05) is 0 Å². The Bertz CT molecular complexity index is 175. The summed E-state index contributed by atoms with van der Waals surface area (Å²) in [5, 5.41) is 0. The molecule has 0 aliphatic carbocycles. The van der Waals surface area contributed by atoms with E-state index in [-0.39, 0.29) is 5.78 Å². The van der Waals surface area contributed by atoms with Crippen molar-refractivity contribution in [3.05, 3.63) is 11.1 Å². The van der Waals surface area contributed by atoms with Gasteiger partial charge in [-0.2, -0.15) is 0 Å². The largest absolute Gasteiger partial charge is 0.295 e. The Balaban J connectivity index is 4.28. The van der Waals surface area contributed by atoms with E-state index in [1.807, 2.05) is 13.8 Å². The number of carbonyl (C=O) groups excluding carboxylic acids is 1. The van der Waals surface area contributed by atoms with Crippen molar-refractivity contribution in [3.8, 4) is 0 Å². The summed E-state index contributed by atoms with van der Waals surface area (Å²) < 4.78 is 0. The van der Waals surface area contributed by atoms with Crippen molar-refractivity contribution >= 4 is 5.78 Å². The van der Waals surface area contributed by atoms with Crippen molar-refractivity contribution in [2.24, 2.45) is 5.92 Å². The second kappa shape index (κ2) is 4.32. The van der Waals surface area contributed by atoms with Gasteiger partial charge in [-0.1, -0.05) is 19.4 Å². The van der Waals surface area contributed by atoms with Gasteiger partial charge in [0.2, 0.25) is 0 Å². The van der Waals surface area contributed by atoms with Crippen LogP contribution < -0.4 is 0 Å². The molecule has 0 atom stereocenters. The fourth-order valence-electron chi connectivity index (χ4n) is 1.07. The first-order valence-electron chi connectivity index (χ1n) is 4.12. The van der Waals surface area contributed by atoms with Gasteiger partial charge in [0.1, 0.15) is 0 Å². The molecule has 11 heavy (non-hydrogen) atoms. The minimum Gasteiger partial charge on any atom is -0.295 e. The zero-order valence-corrected chi connectivity index (χ0v) is 8.19. The van der Waals surface area contributed by atoms with Gasteiger partial charge in [0, 0.05) is 0 Å². The number of hydrogen-bond donors (Lipinski definition) is 0. The van der Waals surface area contributed by atoms with Gasteiger partial charge >= 0.3 is 0 Å². The first kappa shape index (κ1) is 10.4. The van der Waals surface area contributed by atoms with E-state index in [0.717, 1.165) is 12.0 Å². The van der Waals surface area contributed by atoms with Crippen LogP contribution in [-0.4, -0.2) is 5.78 Å². The molecule has 0 unspecified atom stereocenters. The van der Waals surface area contributed by atoms with Crippen LogP contribution in [0.2, 0.25) is 0 Å². The summed E-state index contributed by atoms with van der Waals surface area (Å²) in [6.45, 7) is 9.89. The van der Waals surface area contributed by atoms with Crippen LogP contribution in [0.5, 0.6) is 0 Å². The van der Waals surface area contributed by atoms with Crippen LogP contribution in [0.1, 0.15) is 41.0 Å². The quantitative estimate of drug-likeness (QED) is 0.571. The first-order chi connectivity index (χ1) is 4.95. The summed E-state index contributed by atoms with van der Waals surface area (Å²) in [5.41, 5.74) is 2.16. The topological polar surface area (TPSA) is 17.1 Å². The van der Waals surface area contributed by atoms with Gasteiger partial charge in [0.15, 0.2) is 5.78 Å². The van der Waals surface area contributed by atoms with Crippen molar-refractivity contribution < 1.29 is 4.79 Å². The molecule has 0 aliphatic rings. The number of allylic oxidation sites excluding steroid dienone is 2. The number of hydrogen-bond acceptors (Lipinski definition) is 1. The van der Waals surface area contributed by atoms with Crippen LogP contribution in [0, 0.1) is 5.92 Å². The molecule has 0 radical (unpaired) electrons. The van der Waals surface area contributed by atoms with E-state index in [1.54, 1.807) is 6.92 Å². The molecule has 0 aromatic heterocycles. The number of carbonyl (C=O) groups is 1. The highest BCUT2D eigenvalue weighted by Gasteiger charge is 2.03. The Hall–Kier alpha value is -0.590. The smallest absolute Gasteiger partial charge is 0.155 e. The average Bonchev–Trinajstić information content (AvgIpc) is 1.84. The summed E-state index contributed by atoms with van der Waals surface area (Å²) in [6, 6.07) is 0. The third-order valence-corrected chi connectivity index (χ3v) is 1.88. The highest BCUT2D eigenvalue weighted by molar-refractivity contribution is 5.93. The van der Waals surface area contributed by atoms with E-state index in [0.29, 0.717) is 5.92 Å². The molecule has 0 spiro atoms. The standard InChI is InChI=1S/C10H18O/c1-7(2)6-8(3)9(4)10(5)11/h7H,6H2,1-5H3/b9-8-. The number of Topliss-reactive ketones (excluding diaryl/α,β-unsaturated/α-hetero) is 1. The molecule has 0 amide bonds. The van der Waals surface area contributed by atoms with E-state index in [2.05, 4.69) is 13.8 Å². The third kappa shape index (κ3) is 3.97. The molecule has 0 bridgehead atoms. The molecule has 1 nitrogen and oxygen atoms in total. The van der Waals surface area contributed by atoms with Gasteiger partial charge < -0.3 is 0 Å². The van der Waals surface area contributed by atoms with Gasteiger partial charge in [-0.3, -0.25) is 4.79 Å². The zero-order chi connectivity index (χ0) is 9.02. The molecule has 0 rings (SSSR count). The van der Waals surface area contributed by atoms with Gasteiger partial charge in [0.25, 0.3) is 0 Å². The van der Waals surface area contributed by atoms with E-state index < -0.39 is 0 Å².